The molecule has 1 aromatic heterocycles. The predicted octanol–water partition coefficient (Wildman–Crippen LogP) is 5.58. The summed E-state index contributed by atoms with van der Waals surface area (Å²) in [5, 5.41) is 12.5. The Kier molecular flexibility index (Phi) is 6.57. The molecule has 5 nitrogen and oxygen atoms in total. The van der Waals surface area contributed by atoms with E-state index in [1.807, 2.05) is 30.4 Å². The number of carbonyl (C=O) groups is 1. The van der Waals surface area contributed by atoms with Crippen LogP contribution >= 0.6 is 0 Å². The van der Waals surface area contributed by atoms with Crippen LogP contribution in [0.15, 0.2) is 54.3 Å². The number of hydrogen-bond donors (Lipinski definition) is 2. The van der Waals surface area contributed by atoms with Crippen molar-refractivity contribution in [2.75, 3.05) is 5.32 Å². The van der Waals surface area contributed by atoms with E-state index >= 15 is 0 Å². The zero-order valence-electron chi connectivity index (χ0n) is 17.3. The van der Waals surface area contributed by atoms with E-state index in [2.05, 4.69) is 10.3 Å². The average Bonchev–Trinajstić information content (AvgIpc) is 2.80. The van der Waals surface area contributed by atoms with Crippen molar-refractivity contribution in [1.29, 1.82) is 0 Å². The van der Waals surface area contributed by atoms with Gasteiger partial charge in [-0.25, -0.2) is 9.97 Å². The van der Waals surface area contributed by atoms with Crippen molar-refractivity contribution in [2.24, 2.45) is 5.92 Å². The summed E-state index contributed by atoms with van der Waals surface area (Å²) in [4.78, 5) is 22.1. The lowest BCUT2D eigenvalue weighted by Crippen LogP contribution is -2.18. The second-order valence-corrected chi connectivity index (χ2v) is 8.23. The standard InChI is InChI=1S/C25H29N3O2/c29-21-14-12-19(13-15-21)23-17-26-24(28-25(30)20-9-5-2-6-10-20)22(27-23)16-11-18-7-3-1-4-8-18/h5,9-10,12-15,17-18,29H,1-4,6-8,11,16H2,(H,26,28,30). The molecule has 0 spiro atoms. The first-order chi connectivity index (χ1) is 14.7. The number of nitrogens with one attached hydrogen (secondary N) is 1. The number of phenols is 1. The molecule has 30 heavy (non-hydrogen) atoms. The molecule has 1 amide bonds. The van der Waals surface area contributed by atoms with Crippen LogP contribution < -0.4 is 5.32 Å². The number of carbonyl (C=O) groups excluding carboxylic acids is 1. The third-order valence-electron chi connectivity index (χ3n) is 6.01. The van der Waals surface area contributed by atoms with Gasteiger partial charge in [0.2, 0.25) is 0 Å². The van der Waals surface area contributed by atoms with E-state index in [1.54, 1.807) is 18.3 Å². The van der Waals surface area contributed by atoms with Gasteiger partial charge in [-0.2, -0.15) is 0 Å². The number of hydrogen-bond acceptors (Lipinski definition) is 4. The Bertz CT molecular complexity index is 941. The summed E-state index contributed by atoms with van der Waals surface area (Å²) in [7, 11) is 0. The number of phenolic OH excluding ortho intramolecular Hbond substituents is 1. The van der Waals surface area contributed by atoms with E-state index in [0.717, 1.165) is 48.6 Å². The van der Waals surface area contributed by atoms with Crippen LogP contribution in [0.5, 0.6) is 5.75 Å². The molecule has 0 bridgehead atoms. The van der Waals surface area contributed by atoms with Crippen LogP contribution in [0.4, 0.5) is 5.82 Å². The van der Waals surface area contributed by atoms with Crippen molar-refractivity contribution in [3.63, 3.8) is 0 Å². The summed E-state index contributed by atoms with van der Waals surface area (Å²) < 4.78 is 0. The molecule has 2 aliphatic carbocycles. The lowest BCUT2D eigenvalue weighted by molar-refractivity contribution is -0.112. The number of allylic oxidation sites excluding steroid dienone is 2. The molecule has 0 atom stereocenters. The van der Waals surface area contributed by atoms with Crippen LogP contribution in [-0.4, -0.2) is 21.0 Å². The highest BCUT2D eigenvalue weighted by Gasteiger charge is 2.18. The van der Waals surface area contributed by atoms with E-state index in [-0.39, 0.29) is 11.7 Å². The Labute approximate surface area is 178 Å². The summed E-state index contributed by atoms with van der Waals surface area (Å²) in [5.74, 6) is 1.38. The van der Waals surface area contributed by atoms with Gasteiger partial charge in [0.25, 0.3) is 5.91 Å². The lowest BCUT2D eigenvalue weighted by atomic mass is 9.86. The maximum atomic E-state index is 12.7. The molecular formula is C25H29N3O2. The summed E-state index contributed by atoms with van der Waals surface area (Å²) in [6.45, 7) is 0. The van der Waals surface area contributed by atoms with Crippen molar-refractivity contribution in [2.45, 2.75) is 57.8 Å². The highest BCUT2D eigenvalue weighted by molar-refractivity contribution is 6.05. The summed E-state index contributed by atoms with van der Waals surface area (Å²) in [5.41, 5.74) is 3.17. The van der Waals surface area contributed by atoms with Crippen molar-refractivity contribution >= 4 is 11.7 Å². The molecule has 0 radical (unpaired) electrons. The van der Waals surface area contributed by atoms with Crippen LogP contribution in [0.3, 0.4) is 0 Å². The van der Waals surface area contributed by atoms with Crippen LogP contribution in [0.1, 0.15) is 57.1 Å². The number of aromatic nitrogens is 2. The first-order valence-electron chi connectivity index (χ1n) is 11.0. The van der Waals surface area contributed by atoms with Crippen LogP contribution in [0, 0.1) is 5.92 Å². The summed E-state index contributed by atoms with van der Waals surface area (Å²) in [6, 6.07) is 6.97. The monoisotopic (exact) mass is 403 g/mol. The SMILES string of the molecule is O=C(Nc1ncc(-c2ccc(O)cc2)nc1CCC1CCCCC1)C1=CCCC=C1. The molecule has 4 rings (SSSR count). The fraction of sp³-hybridized carbons (Fsp3) is 0.400. The lowest BCUT2D eigenvalue weighted by Gasteiger charge is -2.21. The van der Waals surface area contributed by atoms with Crippen molar-refractivity contribution in [3.05, 3.63) is 60.0 Å². The number of benzene rings is 1. The fourth-order valence-electron chi connectivity index (χ4n) is 4.26. The molecule has 2 aliphatic rings. The van der Waals surface area contributed by atoms with Crippen molar-refractivity contribution < 1.29 is 9.90 Å². The highest BCUT2D eigenvalue weighted by Crippen LogP contribution is 2.29. The number of aryl methyl sites for hydroxylation is 1. The molecule has 0 aliphatic heterocycles. The topological polar surface area (TPSA) is 75.1 Å². The van der Waals surface area contributed by atoms with Crippen LogP contribution in [-0.2, 0) is 11.2 Å². The quantitative estimate of drug-likeness (QED) is 0.660. The molecule has 1 saturated carbocycles. The molecule has 5 heteroatoms. The summed E-state index contributed by atoms with van der Waals surface area (Å²) in [6.07, 6.45) is 17.8. The Morgan fingerprint density at radius 1 is 1.10 bits per heavy atom. The van der Waals surface area contributed by atoms with Gasteiger partial charge in [0, 0.05) is 11.1 Å². The van der Waals surface area contributed by atoms with Gasteiger partial charge in [-0.15, -0.1) is 0 Å². The second kappa shape index (κ2) is 9.70. The Morgan fingerprint density at radius 3 is 2.63 bits per heavy atom. The van der Waals surface area contributed by atoms with Gasteiger partial charge in [-0.1, -0.05) is 50.3 Å². The number of rotatable bonds is 6. The maximum Gasteiger partial charge on any atom is 0.256 e. The number of anilines is 1. The average molecular weight is 404 g/mol. The van der Waals surface area contributed by atoms with Gasteiger partial charge in [0.15, 0.2) is 5.82 Å². The van der Waals surface area contributed by atoms with Gasteiger partial charge in [-0.3, -0.25) is 4.79 Å². The largest absolute Gasteiger partial charge is 0.508 e. The van der Waals surface area contributed by atoms with Gasteiger partial charge in [-0.05, 0) is 55.9 Å². The number of nitrogens with zero attached hydrogens (tertiary/aromatic N) is 2. The maximum absolute atomic E-state index is 12.7. The van der Waals surface area contributed by atoms with Crippen LogP contribution in [0.2, 0.25) is 0 Å². The Hall–Kier alpha value is -2.95. The van der Waals surface area contributed by atoms with Crippen molar-refractivity contribution in [3.8, 4) is 17.0 Å². The first kappa shape index (κ1) is 20.3. The molecule has 156 valence electrons. The van der Waals surface area contributed by atoms with E-state index in [9.17, 15) is 9.90 Å². The highest BCUT2D eigenvalue weighted by atomic mass is 16.3. The minimum Gasteiger partial charge on any atom is -0.508 e. The van der Waals surface area contributed by atoms with E-state index in [4.69, 9.17) is 4.98 Å². The fourth-order valence-corrected chi connectivity index (χ4v) is 4.26. The Balaban J connectivity index is 1.56. The zero-order chi connectivity index (χ0) is 20.8. The third-order valence-corrected chi connectivity index (χ3v) is 6.01. The van der Waals surface area contributed by atoms with Crippen LogP contribution in [0.25, 0.3) is 11.3 Å². The number of amides is 1. The Morgan fingerprint density at radius 2 is 1.90 bits per heavy atom. The van der Waals surface area contributed by atoms with Crippen molar-refractivity contribution in [1.82, 2.24) is 9.97 Å². The molecule has 2 N–H and O–H groups in total. The normalized spacial score (nSPS) is 16.9. The smallest absolute Gasteiger partial charge is 0.256 e. The van der Waals surface area contributed by atoms with Gasteiger partial charge >= 0.3 is 0 Å². The predicted molar refractivity (Wildman–Crippen MR) is 119 cm³/mol. The minimum atomic E-state index is -0.128. The summed E-state index contributed by atoms with van der Waals surface area (Å²) >= 11 is 0. The molecule has 2 aromatic rings. The molecule has 1 aromatic carbocycles. The zero-order valence-corrected chi connectivity index (χ0v) is 17.3. The van der Waals surface area contributed by atoms with Gasteiger partial charge in [0.1, 0.15) is 5.75 Å². The van der Waals surface area contributed by atoms with E-state index in [1.165, 1.54) is 32.1 Å². The number of aromatic hydroxyl groups is 1. The molecule has 1 heterocycles. The van der Waals surface area contributed by atoms with Gasteiger partial charge in [0.05, 0.1) is 17.6 Å². The molecule has 0 saturated heterocycles. The van der Waals surface area contributed by atoms with Gasteiger partial charge < -0.3 is 10.4 Å². The first-order valence-corrected chi connectivity index (χ1v) is 11.0. The third kappa shape index (κ3) is 5.15. The minimum absolute atomic E-state index is 0.128. The van der Waals surface area contributed by atoms with E-state index < -0.39 is 0 Å². The molecule has 0 unspecified atom stereocenters. The van der Waals surface area contributed by atoms with E-state index in [0.29, 0.717) is 11.4 Å². The second-order valence-electron chi connectivity index (χ2n) is 8.23. The molecular weight excluding hydrogens is 374 g/mol. The molecule has 1 fully saturated rings.